The fraction of sp³-hybridized carbons (Fsp3) is 0.963. The molecule has 28 rings (SSSR count). The van der Waals surface area contributed by atoms with E-state index < -0.39 is 234 Å². The highest BCUT2D eigenvalue weighted by Gasteiger charge is 3.21. The first-order chi connectivity index (χ1) is 41.9. The van der Waals surface area contributed by atoms with Gasteiger partial charge in [0.15, 0.2) is 37.7 Å². The lowest BCUT2D eigenvalue weighted by molar-refractivity contribution is -0.705. The Kier molecular flexibility index (Phi) is 18.3. The van der Waals surface area contributed by atoms with Crippen LogP contribution in [0.4, 0.5) is 0 Å². The van der Waals surface area contributed by atoms with Crippen LogP contribution in [0.2, 0.25) is 0 Å². The van der Waals surface area contributed by atoms with Crippen molar-refractivity contribution in [3.05, 3.63) is 0 Å². The van der Waals surface area contributed by atoms with Crippen molar-refractivity contribution >= 4 is 11.9 Å². The molecule has 88 heavy (non-hydrogen) atoms. The molecule has 502 valence electrons. The third-order valence-corrected chi connectivity index (χ3v) is 22.2. The summed E-state index contributed by atoms with van der Waals surface area (Å²) in [4.78, 5) is 26.0. The maximum atomic E-state index is 13.7. The second kappa shape index (κ2) is 24.5. The Morgan fingerprint density at radius 1 is 0.386 bits per heavy atom. The number of aliphatic carboxylic acids is 1. The van der Waals surface area contributed by atoms with Crippen molar-refractivity contribution in [2.24, 2.45) is 45.3 Å². The summed E-state index contributed by atoms with van der Waals surface area (Å²) in [5, 5.41) is 207. The minimum Gasteiger partial charge on any atom is -0.481 e. The predicted octanol–water partition coefficient (Wildman–Crippen LogP) is -11.2. The highest BCUT2D eigenvalue weighted by Crippen LogP contribution is 3.18. The van der Waals surface area contributed by atoms with Gasteiger partial charge in [0, 0.05) is 13.1 Å². The number of unbranched alkanes of at least 4 members (excludes halogenated alkanes) is 3. The highest BCUT2D eigenvalue weighted by atomic mass is 16.8. The van der Waals surface area contributed by atoms with Crippen molar-refractivity contribution in [1.29, 1.82) is 0 Å². The molecule has 22 aliphatic heterocycles. The number of aliphatic hydroxyl groups excluding tert-OH is 17. The Bertz CT molecular complexity index is 2490. The molecule has 1 amide bonds. The van der Waals surface area contributed by atoms with E-state index in [9.17, 15) is 102 Å². The van der Waals surface area contributed by atoms with Gasteiger partial charge in [-0.3, -0.25) is 9.59 Å². The standard InChI is InChI=1S/C54H84N2O32/c1-51-40-21-41-53(40,50(75)76)48(51)54(41,52(21,51)2)49(74)56-8-6-4-3-5-7-55-9-15-34-22(62)28(68)42(77-15)84-35-16(10-57)79-44(30(70)24(35)64)86-37-18(12-59)81-46(32(72)26(37)66)88-39-20(14-61)82-47(33(73)27(39)67)87-38-19(13-60)80-45(31(71)25(38)65)85-36-17(11-58)78-43(83-34)29(69)23(36)63/h15-48,55,57-73H,3-14H2,1-2H3,(H,56,74)(H,75,76)/t15-,16-,17-,18-,19-,20-,21-,22-,23-,24-,25-,26-,27-,28-,29-,30-,31-,32-,33-,34-,35-,36-,37-,38-,39-,40-,41-,42-,43-,44-,45-,46-,47-,48+,51+,52-,53+,54-/m1/s1. The smallest absolute Gasteiger partial charge is 0.310 e. The van der Waals surface area contributed by atoms with Crippen LogP contribution < -0.4 is 10.6 Å². The number of rotatable bonds is 16. The van der Waals surface area contributed by atoms with Crippen LogP contribution in [0.5, 0.6) is 0 Å². The second-order valence-corrected chi connectivity index (χ2v) is 26.0. The van der Waals surface area contributed by atoms with Crippen LogP contribution in [0, 0.1) is 45.3 Å². The number of carboxylic acids is 1. The summed E-state index contributed by atoms with van der Waals surface area (Å²) in [6.45, 7) is -0.283. The molecule has 0 unspecified atom stereocenters. The van der Waals surface area contributed by atoms with Crippen molar-refractivity contribution in [3.63, 3.8) is 0 Å². The molecule has 22 heterocycles. The van der Waals surface area contributed by atoms with Crippen LogP contribution in [0.25, 0.3) is 0 Å². The maximum Gasteiger partial charge on any atom is 0.310 e. The van der Waals surface area contributed by atoms with Gasteiger partial charge in [-0.15, -0.1) is 0 Å². The lowest BCUT2D eigenvalue weighted by Gasteiger charge is -3.16. The molecular formula is C54H84N2O32. The Morgan fingerprint density at radius 2 is 0.682 bits per heavy atom. The molecular weight excluding hydrogens is 1190 g/mol. The number of carbonyl (C=O) groups excluding carboxylic acids is 1. The monoisotopic (exact) mass is 1270 g/mol. The number of carboxylic acid groups (broad SMARTS) is 1. The SMILES string of the molecule is C[C@@]12[C@H]3[C@@]4(C(=O)O)[C@H]5[C@@H]([C@@H]41)[C@@]2(C)[C@]53C(=O)NCCCCCCNC[C@H]1O[C@@H]2O[C@H]3[C@H](O)[C@@H](O)[C@@H](O[C@H]4[C@H](O)[C@@H](O)[C@@H](O[C@H]5[C@H](O)[C@@H](O)[C@@H](O[C@H]6[C@H](O)[C@@H](O)[C@@H](O[C@H]7[C@H](O)[C@@H](O)[C@@H](O[C@H]1[C@H](O)[C@H]2O)O[C@@H]7CO)O[C@@H]6CO)O[C@@H]5CO)O[C@@H]4CO)O[C@@H]3CO. The Labute approximate surface area is 501 Å². The van der Waals surface area contributed by atoms with Gasteiger partial charge in [0.25, 0.3) is 0 Å². The van der Waals surface area contributed by atoms with Gasteiger partial charge in [-0.2, -0.15) is 0 Å². The van der Waals surface area contributed by atoms with E-state index in [0.29, 0.717) is 44.7 Å². The molecule has 12 bridgehead atoms. The number of nitrogens with one attached hydrogen (secondary N) is 2. The van der Waals surface area contributed by atoms with Crippen molar-refractivity contribution in [2.45, 2.75) is 224 Å². The van der Waals surface area contributed by atoms with Gasteiger partial charge >= 0.3 is 5.97 Å². The molecule has 0 aromatic heterocycles. The molecule has 28 aliphatic rings. The van der Waals surface area contributed by atoms with Crippen molar-refractivity contribution < 1.29 is 158 Å². The lowest BCUT2D eigenvalue weighted by atomic mass is 8.84. The van der Waals surface area contributed by atoms with E-state index in [1.807, 2.05) is 0 Å². The predicted molar refractivity (Wildman–Crippen MR) is 276 cm³/mol. The Morgan fingerprint density at radius 3 is 0.977 bits per heavy atom. The summed E-state index contributed by atoms with van der Waals surface area (Å²) in [7, 11) is 0. The quantitative estimate of drug-likeness (QED) is 0.0638. The van der Waals surface area contributed by atoms with E-state index in [2.05, 4.69) is 24.5 Å². The van der Waals surface area contributed by atoms with Crippen LogP contribution in [0.1, 0.15) is 39.5 Å². The molecule has 6 saturated carbocycles. The first kappa shape index (κ1) is 65.8. The van der Waals surface area contributed by atoms with Crippen LogP contribution in [0.3, 0.4) is 0 Å². The lowest BCUT2D eigenvalue weighted by Crippen LogP contribution is -3.19. The average Bonchev–Trinajstić information content (AvgIpc) is 0.529. The van der Waals surface area contributed by atoms with Gasteiger partial charge < -0.3 is 159 Å². The molecule has 34 heteroatoms. The van der Waals surface area contributed by atoms with E-state index in [0.717, 1.165) is 0 Å². The number of hydrogen-bond donors (Lipinski definition) is 20. The zero-order valence-corrected chi connectivity index (χ0v) is 47.9. The van der Waals surface area contributed by atoms with Crippen molar-refractivity contribution in [3.8, 4) is 0 Å². The summed E-state index contributed by atoms with van der Waals surface area (Å²) < 4.78 is 70.2. The summed E-state index contributed by atoms with van der Waals surface area (Å²) in [6, 6.07) is 0. The molecule has 0 aromatic rings. The number of hydrogen-bond acceptors (Lipinski definition) is 32. The topological polar surface area (TPSA) is 533 Å². The van der Waals surface area contributed by atoms with Crippen molar-refractivity contribution in [1.82, 2.24) is 10.6 Å². The van der Waals surface area contributed by atoms with Crippen LogP contribution in [-0.4, -0.2) is 341 Å². The summed E-state index contributed by atoms with van der Waals surface area (Å²) in [5.41, 5.74) is -1.62. The summed E-state index contributed by atoms with van der Waals surface area (Å²) in [6.07, 6.45) is -55.7. The number of ether oxygens (including phenoxy) is 12. The first-order valence-electron chi connectivity index (χ1n) is 30.2. The van der Waals surface area contributed by atoms with Crippen molar-refractivity contribution in [2.75, 3.05) is 52.7 Å². The molecule has 20 N–H and O–H groups in total. The number of carbonyl (C=O) groups is 2. The van der Waals surface area contributed by atoms with Gasteiger partial charge in [0.05, 0.1) is 43.9 Å². The number of aliphatic hydroxyl groups is 17. The fourth-order valence-electron chi connectivity index (χ4n) is 18.1. The third-order valence-electron chi connectivity index (χ3n) is 22.2. The zero-order valence-electron chi connectivity index (χ0n) is 47.9. The van der Waals surface area contributed by atoms with E-state index in [4.69, 9.17) is 56.8 Å². The van der Waals surface area contributed by atoms with E-state index >= 15 is 0 Å². The second-order valence-electron chi connectivity index (χ2n) is 26.0. The van der Waals surface area contributed by atoms with Crippen LogP contribution in [-0.2, 0) is 66.4 Å². The molecule has 22 saturated heterocycles. The van der Waals surface area contributed by atoms with Gasteiger partial charge in [0.1, 0.15) is 146 Å². The maximum absolute atomic E-state index is 13.7. The fourth-order valence-corrected chi connectivity index (χ4v) is 18.1. The van der Waals surface area contributed by atoms with E-state index in [1.54, 1.807) is 0 Å². The van der Waals surface area contributed by atoms with Gasteiger partial charge in [-0.1, -0.05) is 26.7 Å². The Hall–Kier alpha value is -2.26. The molecule has 38 atom stereocenters. The van der Waals surface area contributed by atoms with Gasteiger partial charge in [-0.05, 0) is 53.9 Å². The molecule has 28 fully saturated rings. The largest absolute Gasteiger partial charge is 0.481 e. The normalized spacial score (nSPS) is 56.7. The molecule has 34 nitrogen and oxygen atoms in total. The highest BCUT2D eigenvalue weighted by molar-refractivity contribution is 6.01. The van der Waals surface area contributed by atoms with Gasteiger partial charge in [-0.25, -0.2) is 0 Å². The summed E-state index contributed by atoms with van der Waals surface area (Å²) >= 11 is 0. The molecule has 6 aliphatic carbocycles. The molecule has 0 aromatic carbocycles. The molecule has 0 spiro atoms. The van der Waals surface area contributed by atoms with Crippen LogP contribution >= 0.6 is 0 Å². The third kappa shape index (κ3) is 9.19. The average molecular weight is 1270 g/mol. The zero-order chi connectivity index (χ0) is 63.2. The molecule has 0 radical (unpaired) electrons. The number of amides is 1. The van der Waals surface area contributed by atoms with E-state index in [1.165, 1.54) is 0 Å². The Balaban J connectivity index is 0.744. The first-order valence-corrected chi connectivity index (χ1v) is 30.2. The minimum absolute atomic E-state index is 0.0677. The van der Waals surface area contributed by atoms with E-state index in [-0.39, 0.29) is 41.0 Å². The summed E-state index contributed by atoms with van der Waals surface area (Å²) in [5.74, 6) is -0.643. The van der Waals surface area contributed by atoms with Crippen LogP contribution in [0.15, 0.2) is 0 Å². The van der Waals surface area contributed by atoms with Gasteiger partial charge in [0.2, 0.25) is 5.91 Å². The minimum atomic E-state index is -2.16.